The number of hydrogen-bond acceptors (Lipinski definition) is 2. The average Bonchev–Trinajstić information content (AvgIpc) is 2.19. The molecule has 0 saturated carbocycles. The normalized spacial score (nSPS) is 21.9. The fourth-order valence-corrected chi connectivity index (χ4v) is 2.48. The highest BCUT2D eigenvalue weighted by atomic mass is 16.3. The number of piperidine rings is 1. The topological polar surface area (TPSA) is 23.5 Å². The summed E-state index contributed by atoms with van der Waals surface area (Å²) >= 11 is 0. The van der Waals surface area contributed by atoms with E-state index in [2.05, 4.69) is 32.6 Å². The number of likely N-dealkylation sites (tertiary alicyclic amines) is 1. The Morgan fingerprint density at radius 2 is 1.62 bits per heavy atom. The Morgan fingerprint density at radius 1 is 1.06 bits per heavy atom. The number of nitrogens with zero attached hydrogens (tertiary/aromatic N) is 1. The second-order valence-electron chi connectivity index (χ2n) is 6.35. The summed E-state index contributed by atoms with van der Waals surface area (Å²) in [4.78, 5) is 2.49. The van der Waals surface area contributed by atoms with E-state index in [1.165, 1.54) is 6.54 Å². The summed E-state index contributed by atoms with van der Waals surface area (Å²) in [6.45, 7) is 12.3. The van der Waals surface area contributed by atoms with E-state index < -0.39 is 0 Å². The molecule has 0 aromatic carbocycles. The Bertz CT molecular complexity index is 193. The fourth-order valence-electron chi connectivity index (χ4n) is 2.48. The van der Waals surface area contributed by atoms with Gasteiger partial charge in [0.2, 0.25) is 0 Å². The van der Waals surface area contributed by atoms with Gasteiger partial charge in [-0.2, -0.15) is 0 Å². The van der Waals surface area contributed by atoms with Crippen molar-refractivity contribution in [2.24, 2.45) is 11.8 Å². The van der Waals surface area contributed by atoms with Crippen LogP contribution in [0.15, 0.2) is 0 Å². The molecular weight excluding hydrogens is 198 g/mol. The molecule has 0 radical (unpaired) electrons. The highest BCUT2D eigenvalue weighted by molar-refractivity contribution is 4.86. The van der Waals surface area contributed by atoms with Crippen molar-refractivity contribution < 1.29 is 5.11 Å². The lowest BCUT2D eigenvalue weighted by molar-refractivity contribution is -0.0328. The second-order valence-corrected chi connectivity index (χ2v) is 6.35. The van der Waals surface area contributed by atoms with Gasteiger partial charge in [0.1, 0.15) is 0 Å². The van der Waals surface area contributed by atoms with Gasteiger partial charge in [0.15, 0.2) is 0 Å². The third kappa shape index (κ3) is 4.84. The number of hydrogen-bond donors (Lipinski definition) is 1. The van der Waals surface area contributed by atoms with Crippen LogP contribution in [0.5, 0.6) is 0 Å². The quantitative estimate of drug-likeness (QED) is 0.780. The first-order valence-electron chi connectivity index (χ1n) is 6.86. The van der Waals surface area contributed by atoms with E-state index in [1.54, 1.807) is 0 Å². The number of aliphatic hydroxyl groups is 1. The molecule has 2 heteroatoms. The number of rotatable bonds is 5. The van der Waals surface area contributed by atoms with Gasteiger partial charge in [-0.3, -0.25) is 0 Å². The molecule has 1 aliphatic rings. The minimum Gasteiger partial charge on any atom is -0.390 e. The van der Waals surface area contributed by atoms with Gasteiger partial charge >= 0.3 is 0 Å². The van der Waals surface area contributed by atoms with Crippen LogP contribution in [0.1, 0.15) is 53.4 Å². The van der Waals surface area contributed by atoms with Crippen LogP contribution in [-0.4, -0.2) is 35.2 Å². The van der Waals surface area contributed by atoms with Crippen LogP contribution < -0.4 is 0 Å². The van der Waals surface area contributed by atoms with Crippen molar-refractivity contribution >= 4 is 0 Å². The molecule has 0 aromatic rings. The maximum absolute atomic E-state index is 10.4. The SMILES string of the molecule is CC(C)CCC1(O)CCN(CC(C)C)CC1. The van der Waals surface area contributed by atoms with E-state index in [9.17, 15) is 5.11 Å². The zero-order valence-electron chi connectivity index (χ0n) is 11.5. The Kier molecular flexibility index (Phi) is 5.26. The summed E-state index contributed by atoms with van der Waals surface area (Å²) < 4.78 is 0. The fraction of sp³-hybridized carbons (Fsp3) is 1.00. The lowest BCUT2D eigenvalue weighted by Crippen LogP contribution is -2.45. The molecule has 1 aliphatic heterocycles. The molecule has 1 N–H and O–H groups in total. The van der Waals surface area contributed by atoms with E-state index in [4.69, 9.17) is 0 Å². The summed E-state index contributed by atoms with van der Waals surface area (Å²) in [6, 6.07) is 0. The predicted molar refractivity (Wildman–Crippen MR) is 69.5 cm³/mol. The molecule has 2 nitrogen and oxygen atoms in total. The monoisotopic (exact) mass is 227 g/mol. The molecule has 16 heavy (non-hydrogen) atoms. The standard InChI is InChI=1S/C14H29NO/c1-12(2)5-6-14(16)7-9-15(10-8-14)11-13(3)4/h12-13,16H,5-11H2,1-4H3. The van der Waals surface area contributed by atoms with Crippen molar-refractivity contribution in [2.45, 2.75) is 59.0 Å². The molecule has 0 spiro atoms. The van der Waals surface area contributed by atoms with Gasteiger partial charge in [0, 0.05) is 19.6 Å². The largest absolute Gasteiger partial charge is 0.390 e. The van der Waals surface area contributed by atoms with Gasteiger partial charge in [-0.05, 0) is 37.5 Å². The van der Waals surface area contributed by atoms with E-state index >= 15 is 0 Å². The van der Waals surface area contributed by atoms with Crippen molar-refractivity contribution in [3.8, 4) is 0 Å². The highest BCUT2D eigenvalue weighted by Crippen LogP contribution is 2.28. The Hall–Kier alpha value is -0.0800. The van der Waals surface area contributed by atoms with Crippen molar-refractivity contribution in [1.29, 1.82) is 0 Å². The van der Waals surface area contributed by atoms with E-state index in [1.807, 2.05) is 0 Å². The summed E-state index contributed by atoms with van der Waals surface area (Å²) in [5, 5.41) is 10.4. The van der Waals surface area contributed by atoms with Gasteiger partial charge in [-0.25, -0.2) is 0 Å². The first-order valence-corrected chi connectivity index (χ1v) is 6.86. The van der Waals surface area contributed by atoms with Crippen molar-refractivity contribution in [3.63, 3.8) is 0 Å². The molecular formula is C14H29NO. The van der Waals surface area contributed by atoms with Crippen LogP contribution in [0.2, 0.25) is 0 Å². The van der Waals surface area contributed by atoms with Gasteiger partial charge in [0.05, 0.1) is 5.60 Å². The third-order valence-corrected chi connectivity index (χ3v) is 3.60. The van der Waals surface area contributed by atoms with Gasteiger partial charge < -0.3 is 10.0 Å². The molecule has 1 fully saturated rings. The van der Waals surface area contributed by atoms with Crippen LogP contribution in [-0.2, 0) is 0 Å². The molecule has 1 saturated heterocycles. The molecule has 1 heterocycles. The molecule has 1 rings (SSSR count). The Morgan fingerprint density at radius 3 is 2.06 bits per heavy atom. The third-order valence-electron chi connectivity index (χ3n) is 3.60. The van der Waals surface area contributed by atoms with E-state index in [0.717, 1.165) is 44.7 Å². The lowest BCUT2D eigenvalue weighted by atomic mass is 9.85. The highest BCUT2D eigenvalue weighted by Gasteiger charge is 2.31. The van der Waals surface area contributed by atoms with Crippen LogP contribution in [0.25, 0.3) is 0 Å². The van der Waals surface area contributed by atoms with Crippen molar-refractivity contribution in [1.82, 2.24) is 4.90 Å². The van der Waals surface area contributed by atoms with Crippen molar-refractivity contribution in [3.05, 3.63) is 0 Å². The maximum atomic E-state index is 10.4. The summed E-state index contributed by atoms with van der Waals surface area (Å²) in [6.07, 6.45) is 4.07. The Labute approximate surface area is 101 Å². The first-order chi connectivity index (χ1) is 7.41. The van der Waals surface area contributed by atoms with Crippen molar-refractivity contribution in [2.75, 3.05) is 19.6 Å². The van der Waals surface area contributed by atoms with Crippen LogP contribution in [0, 0.1) is 11.8 Å². The first kappa shape index (κ1) is 14.0. The Balaban J connectivity index is 2.29. The average molecular weight is 227 g/mol. The predicted octanol–water partition coefficient (Wildman–Crippen LogP) is 2.91. The van der Waals surface area contributed by atoms with E-state index in [0.29, 0.717) is 5.92 Å². The molecule has 96 valence electrons. The van der Waals surface area contributed by atoms with Crippen LogP contribution >= 0.6 is 0 Å². The minimum absolute atomic E-state index is 0.363. The van der Waals surface area contributed by atoms with Gasteiger partial charge in [-0.15, -0.1) is 0 Å². The molecule has 0 amide bonds. The lowest BCUT2D eigenvalue weighted by Gasteiger charge is -2.39. The minimum atomic E-state index is -0.363. The summed E-state index contributed by atoms with van der Waals surface area (Å²) in [5.74, 6) is 1.44. The van der Waals surface area contributed by atoms with Crippen LogP contribution in [0.4, 0.5) is 0 Å². The molecule has 0 bridgehead atoms. The zero-order chi connectivity index (χ0) is 12.2. The smallest absolute Gasteiger partial charge is 0.0672 e. The van der Waals surface area contributed by atoms with Crippen LogP contribution in [0.3, 0.4) is 0 Å². The molecule has 0 aliphatic carbocycles. The molecule has 0 atom stereocenters. The second kappa shape index (κ2) is 6.02. The van der Waals surface area contributed by atoms with E-state index in [-0.39, 0.29) is 5.60 Å². The summed E-state index contributed by atoms with van der Waals surface area (Å²) in [7, 11) is 0. The zero-order valence-corrected chi connectivity index (χ0v) is 11.5. The molecule has 0 unspecified atom stereocenters. The van der Waals surface area contributed by atoms with Gasteiger partial charge in [-0.1, -0.05) is 27.7 Å². The molecule has 0 aromatic heterocycles. The van der Waals surface area contributed by atoms with Gasteiger partial charge in [0.25, 0.3) is 0 Å². The summed E-state index contributed by atoms with van der Waals surface area (Å²) in [5.41, 5.74) is -0.363. The maximum Gasteiger partial charge on any atom is 0.0672 e.